The summed E-state index contributed by atoms with van der Waals surface area (Å²) in [5.41, 5.74) is 3.59. The fourth-order valence-electron chi connectivity index (χ4n) is 3.09. The summed E-state index contributed by atoms with van der Waals surface area (Å²) in [4.78, 5) is 16.6. The number of aryl methyl sites for hydroxylation is 1. The molecule has 0 saturated heterocycles. The van der Waals surface area contributed by atoms with Gasteiger partial charge in [-0.05, 0) is 90.8 Å². The van der Waals surface area contributed by atoms with Crippen LogP contribution in [0.4, 0.5) is 11.4 Å². The molecule has 0 aliphatic rings. The number of carbonyl (C=O) groups excluding carboxylic acids is 1. The largest absolute Gasteiger partial charge is 0.484 e. The Morgan fingerprint density at radius 1 is 0.818 bits per heavy atom. The van der Waals surface area contributed by atoms with Crippen LogP contribution < -0.4 is 14.8 Å². The molecule has 0 aromatic heterocycles. The predicted molar refractivity (Wildman–Crippen MR) is 132 cm³/mol. The van der Waals surface area contributed by atoms with Crippen LogP contribution in [0.5, 0.6) is 17.2 Å². The van der Waals surface area contributed by atoms with E-state index < -0.39 is 0 Å². The van der Waals surface area contributed by atoms with Crippen molar-refractivity contribution in [3.8, 4) is 17.2 Å². The molecule has 0 atom stereocenters. The topological polar surface area (TPSA) is 59.9 Å². The van der Waals surface area contributed by atoms with Crippen LogP contribution in [-0.4, -0.2) is 18.7 Å². The van der Waals surface area contributed by atoms with Crippen LogP contribution in [0.1, 0.15) is 11.1 Å². The fraction of sp³-hybridized carbons (Fsp3) is 0.0714. The van der Waals surface area contributed by atoms with Crippen LogP contribution in [0.25, 0.3) is 0 Å². The molecule has 33 heavy (non-hydrogen) atoms. The molecule has 0 bridgehead atoms. The van der Waals surface area contributed by atoms with Crippen molar-refractivity contribution in [3.63, 3.8) is 0 Å². The van der Waals surface area contributed by atoms with Crippen LogP contribution in [0.2, 0.25) is 0 Å². The summed E-state index contributed by atoms with van der Waals surface area (Å²) in [7, 11) is 0. The Morgan fingerprint density at radius 2 is 1.52 bits per heavy atom. The number of ether oxygens (including phenoxy) is 2. The molecule has 0 aliphatic heterocycles. The molecule has 1 N–H and O–H groups in total. The van der Waals surface area contributed by atoms with E-state index in [0.29, 0.717) is 5.75 Å². The molecule has 1 amide bonds. The van der Waals surface area contributed by atoms with Crippen molar-refractivity contribution >= 4 is 23.5 Å². The number of nitrogens with one attached hydrogen (secondary N) is 1. The lowest BCUT2D eigenvalue weighted by molar-refractivity contribution is -0.118. The van der Waals surface area contributed by atoms with Gasteiger partial charge in [0.2, 0.25) is 0 Å². The number of aliphatic imine (C=N–C) groups is 1. The normalized spacial score (nSPS) is 10.7. The van der Waals surface area contributed by atoms with E-state index in [9.17, 15) is 4.79 Å². The Bertz CT molecular complexity index is 1220. The van der Waals surface area contributed by atoms with Crippen LogP contribution in [0.3, 0.4) is 0 Å². The third-order valence-corrected chi connectivity index (χ3v) is 4.73. The van der Waals surface area contributed by atoms with Gasteiger partial charge in [0, 0.05) is 11.9 Å². The van der Waals surface area contributed by atoms with Crippen molar-refractivity contribution in [2.24, 2.45) is 4.99 Å². The van der Waals surface area contributed by atoms with Gasteiger partial charge in [0.1, 0.15) is 17.2 Å². The summed E-state index contributed by atoms with van der Waals surface area (Å²) in [5.74, 6) is 1.97. The second kappa shape index (κ2) is 10.8. The number of hydrogen-bond donors (Lipinski definition) is 1. The summed E-state index contributed by atoms with van der Waals surface area (Å²) in [6.45, 7) is 1.92. The first kappa shape index (κ1) is 21.8. The zero-order valence-corrected chi connectivity index (χ0v) is 18.3. The molecule has 0 saturated carbocycles. The SMILES string of the molecule is Cc1cccc(NC(=O)COc2ccc(C=Nc3ccc(Oc4ccccc4)cc3)cc2)c1. The lowest BCUT2D eigenvalue weighted by atomic mass is 10.2. The van der Waals surface area contributed by atoms with Gasteiger partial charge < -0.3 is 14.8 Å². The van der Waals surface area contributed by atoms with Crippen molar-refractivity contribution in [3.05, 3.63) is 114 Å². The molecular formula is C28H24N2O3. The molecule has 0 unspecified atom stereocenters. The van der Waals surface area contributed by atoms with Crippen molar-refractivity contribution in [1.82, 2.24) is 0 Å². The van der Waals surface area contributed by atoms with Crippen molar-refractivity contribution in [2.75, 3.05) is 11.9 Å². The molecule has 0 radical (unpaired) electrons. The van der Waals surface area contributed by atoms with Gasteiger partial charge in [-0.2, -0.15) is 0 Å². The minimum atomic E-state index is -0.203. The van der Waals surface area contributed by atoms with E-state index in [2.05, 4.69) is 10.3 Å². The monoisotopic (exact) mass is 436 g/mol. The molecular weight excluding hydrogens is 412 g/mol. The maximum atomic E-state index is 12.1. The second-order valence-corrected chi connectivity index (χ2v) is 7.44. The zero-order chi connectivity index (χ0) is 22.9. The highest BCUT2D eigenvalue weighted by Gasteiger charge is 2.04. The number of carbonyl (C=O) groups is 1. The Balaban J connectivity index is 1.27. The molecule has 0 spiro atoms. The second-order valence-electron chi connectivity index (χ2n) is 7.44. The van der Waals surface area contributed by atoms with Gasteiger partial charge >= 0.3 is 0 Å². The third kappa shape index (κ3) is 6.80. The molecule has 5 heteroatoms. The van der Waals surface area contributed by atoms with Gasteiger partial charge in [-0.25, -0.2) is 0 Å². The van der Waals surface area contributed by atoms with Gasteiger partial charge in [0.15, 0.2) is 6.61 Å². The molecule has 0 heterocycles. The van der Waals surface area contributed by atoms with Gasteiger partial charge in [-0.1, -0.05) is 30.3 Å². The van der Waals surface area contributed by atoms with E-state index >= 15 is 0 Å². The van der Waals surface area contributed by atoms with E-state index in [1.807, 2.05) is 110 Å². The molecule has 164 valence electrons. The van der Waals surface area contributed by atoms with Crippen molar-refractivity contribution in [2.45, 2.75) is 6.92 Å². The number of amides is 1. The Kier molecular flexibility index (Phi) is 7.13. The van der Waals surface area contributed by atoms with Crippen molar-refractivity contribution in [1.29, 1.82) is 0 Å². The average molecular weight is 437 g/mol. The lowest BCUT2D eigenvalue weighted by Gasteiger charge is -2.08. The third-order valence-electron chi connectivity index (χ3n) is 4.73. The minimum Gasteiger partial charge on any atom is -0.484 e. The average Bonchev–Trinajstić information content (AvgIpc) is 2.84. The lowest BCUT2D eigenvalue weighted by Crippen LogP contribution is -2.20. The van der Waals surface area contributed by atoms with Gasteiger partial charge in [-0.15, -0.1) is 0 Å². The molecule has 5 nitrogen and oxygen atoms in total. The standard InChI is InChI=1S/C28H24N2O3/c1-21-6-5-7-24(18-21)30-28(31)20-32-25-14-10-22(11-15-25)19-29-23-12-16-27(17-13-23)33-26-8-3-2-4-9-26/h2-19H,20H2,1H3,(H,30,31). The summed E-state index contributed by atoms with van der Waals surface area (Å²) >= 11 is 0. The quantitative estimate of drug-likeness (QED) is 0.318. The highest BCUT2D eigenvalue weighted by molar-refractivity contribution is 5.92. The number of para-hydroxylation sites is 1. The highest BCUT2D eigenvalue weighted by Crippen LogP contribution is 2.23. The van der Waals surface area contributed by atoms with E-state index in [1.54, 1.807) is 6.21 Å². The number of benzene rings is 4. The number of rotatable bonds is 8. The summed E-state index contributed by atoms with van der Waals surface area (Å²) in [6.07, 6.45) is 1.78. The number of hydrogen-bond acceptors (Lipinski definition) is 4. The first-order valence-electron chi connectivity index (χ1n) is 10.6. The highest BCUT2D eigenvalue weighted by atomic mass is 16.5. The molecule has 0 fully saturated rings. The van der Waals surface area contributed by atoms with Crippen LogP contribution in [-0.2, 0) is 4.79 Å². The predicted octanol–water partition coefficient (Wildman–Crippen LogP) is 6.56. The summed E-state index contributed by atoms with van der Waals surface area (Å²) in [6, 6.07) is 32.3. The van der Waals surface area contributed by atoms with E-state index in [4.69, 9.17) is 9.47 Å². The van der Waals surface area contributed by atoms with Crippen molar-refractivity contribution < 1.29 is 14.3 Å². The fourth-order valence-corrected chi connectivity index (χ4v) is 3.09. The molecule has 4 rings (SSSR count). The molecule has 4 aromatic carbocycles. The Morgan fingerprint density at radius 3 is 2.24 bits per heavy atom. The molecule has 0 aliphatic carbocycles. The zero-order valence-electron chi connectivity index (χ0n) is 18.3. The Hall–Kier alpha value is -4.38. The van der Waals surface area contributed by atoms with E-state index in [-0.39, 0.29) is 12.5 Å². The van der Waals surface area contributed by atoms with E-state index in [1.165, 1.54) is 0 Å². The number of nitrogens with zero attached hydrogens (tertiary/aromatic N) is 1. The van der Waals surface area contributed by atoms with Crippen LogP contribution >= 0.6 is 0 Å². The van der Waals surface area contributed by atoms with Crippen LogP contribution in [0.15, 0.2) is 108 Å². The smallest absolute Gasteiger partial charge is 0.262 e. The van der Waals surface area contributed by atoms with E-state index in [0.717, 1.165) is 34.0 Å². The maximum Gasteiger partial charge on any atom is 0.262 e. The number of anilines is 1. The summed E-state index contributed by atoms with van der Waals surface area (Å²) in [5, 5.41) is 2.83. The maximum absolute atomic E-state index is 12.1. The summed E-state index contributed by atoms with van der Waals surface area (Å²) < 4.78 is 11.4. The minimum absolute atomic E-state index is 0.0568. The first-order chi connectivity index (χ1) is 16.1. The molecule has 4 aromatic rings. The van der Waals surface area contributed by atoms with Crippen LogP contribution in [0, 0.1) is 6.92 Å². The first-order valence-corrected chi connectivity index (χ1v) is 10.6. The van der Waals surface area contributed by atoms with Gasteiger partial charge in [0.05, 0.1) is 5.69 Å². The van der Waals surface area contributed by atoms with Gasteiger partial charge in [0.25, 0.3) is 5.91 Å². The Labute approximate surface area is 193 Å². The van der Waals surface area contributed by atoms with Gasteiger partial charge in [-0.3, -0.25) is 9.79 Å².